The van der Waals surface area contributed by atoms with Crippen LogP contribution in [0, 0.1) is 0 Å². The van der Waals surface area contributed by atoms with Crippen molar-refractivity contribution < 1.29 is 8.42 Å². The molecule has 0 fully saturated rings. The maximum Gasteiger partial charge on any atom is 0.156 e. The molecule has 4 heteroatoms. The van der Waals surface area contributed by atoms with Crippen LogP contribution in [-0.4, -0.2) is 20.2 Å². The second kappa shape index (κ2) is 4.69. The van der Waals surface area contributed by atoms with Crippen LogP contribution in [0.15, 0.2) is 18.2 Å². The molecule has 0 unspecified atom stereocenters. The number of benzene rings is 1. The van der Waals surface area contributed by atoms with Gasteiger partial charge in [-0.25, -0.2) is 8.42 Å². The predicted octanol–water partition coefficient (Wildman–Crippen LogP) is 2.37. The van der Waals surface area contributed by atoms with Gasteiger partial charge < -0.3 is 5.32 Å². The van der Waals surface area contributed by atoms with Gasteiger partial charge in [0.05, 0.1) is 11.0 Å². The first-order valence-corrected chi connectivity index (χ1v) is 7.78. The average molecular weight is 253 g/mol. The molecule has 1 N–H and O–H groups in total. The highest BCUT2D eigenvalue weighted by atomic mass is 32.2. The van der Waals surface area contributed by atoms with Gasteiger partial charge in [0.25, 0.3) is 0 Å². The van der Waals surface area contributed by atoms with Gasteiger partial charge in [0.1, 0.15) is 0 Å². The van der Waals surface area contributed by atoms with Crippen molar-refractivity contribution in [3.63, 3.8) is 0 Å². The summed E-state index contributed by atoms with van der Waals surface area (Å²) < 4.78 is 23.7. The third-order valence-electron chi connectivity index (χ3n) is 3.19. The molecule has 0 aromatic heterocycles. The summed E-state index contributed by atoms with van der Waals surface area (Å²) in [5.41, 5.74) is 3.30. The number of rotatable bonds is 3. The zero-order chi connectivity index (χ0) is 12.5. The lowest BCUT2D eigenvalue weighted by atomic mass is 10.0. The van der Waals surface area contributed by atoms with Crippen LogP contribution in [-0.2, 0) is 22.0 Å². The van der Waals surface area contributed by atoms with E-state index in [1.165, 1.54) is 5.56 Å². The summed E-state index contributed by atoms with van der Waals surface area (Å²) in [5.74, 6) is 0.151. The Balaban J connectivity index is 2.23. The van der Waals surface area contributed by atoms with Gasteiger partial charge >= 0.3 is 0 Å². The number of hydrogen-bond acceptors (Lipinski definition) is 3. The quantitative estimate of drug-likeness (QED) is 0.899. The molecule has 1 heterocycles. The van der Waals surface area contributed by atoms with Crippen molar-refractivity contribution in [2.75, 3.05) is 11.9 Å². The summed E-state index contributed by atoms with van der Waals surface area (Å²) >= 11 is 0. The second-order valence-corrected chi connectivity index (χ2v) is 7.43. The topological polar surface area (TPSA) is 46.2 Å². The maximum atomic E-state index is 11.9. The van der Waals surface area contributed by atoms with Crippen molar-refractivity contribution >= 4 is 15.5 Å². The Hall–Kier alpha value is -1.03. The molecule has 0 amide bonds. The number of sulfone groups is 1. The molecule has 0 bridgehead atoms. The molecule has 2 rings (SSSR count). The third kappa shape index (κ3) is 2.80. The van der Waals surface area contributed by atoms with Crippen molar-refractivity contribution in [1.29, 1.82) is 0 Å². The summed E-state index contributed by atoms with van der Waals surface area (Å²) in [6.45, 7) is 4.47. The molecule has 3 nitrogen and oxygen atoms in total. The number of aryl methyl sites for hydroxylation is 1. The first-order valence-electron chi connectivity index (χ1n) is 6.06. The zero-order valence-corrected chi connectivity index (χ0v) is 11.2. The smallest absolute Gasteiger partial charge is 0.156 e. The molecule has 1 aliphatic rings. The minimum Gasteiger partial charge on any atom is -0.385 e. The third-order valence-corrected chi connectivity index (χ3v) is 5.37. The lowest BCUT2D eigenvalue weighted by Gasteiger charge is -2.19. The van der Waals surface area contributed by atoms with Crippen molar-refractivity contribution in [3.8, 4) is 0 Å². The zero-order valence-electron chi connectivity index (χ0n) is 10.4. The summed E-state index contributed by atoms with van der Waals surface area (Å²) in [6.07, 6.45) is 2.16. The summed E-state index contributed by atoms with van der Waals surface area (Å²) in [6, 6.07) is 5.94. The van der Waals surface area contributed by atoms with Gasteiger partial charge in [0.15, 0.2) is 9.84 Å². The summed E-state index contributed by atoms with van der Waals surface area (Å²) in [4.78, 5) is 0. The fourth-order valence-corrected chi connectivity index (χ4v) is 2.99. The molecule has 0 aliphatic carbocycles. The Labute approximate surface area is 103 Å². The molecule has 0 atom stereocenters. The van der Waals surface area contributed by atoms with Crippen molar-refractivity contribution in [2.24, 2.45) is 0 Å². The van der Waals surface area contributed by atoms with Crippen LogP contribution in [0.25, 0.3) is 0 Å². The molecular formula is C13H19NO2S. The molecule has 94 valence electrons. The van der Waals surface area contributed by atoms with Crippen LogP contribution in [0.1, 0.15) is 31.4 Å². The van der Waals surface area contributed by atoms with Gasteiger partial charge in [-0.05, 0) is 43.9 Å². The largest absolute Gasteiger partial charge is 0.385 e. The first-order chi connectivity index (χ1) is 7.99. The van der Waals surface area contributed by atoms with E-state index in [9.17, 15) is 8.42 Å². The van der Waals surface area contributed by atoms with Crippen LogP contribution in [0.5, 0.6) is 0 Å². The Morgan fingerprint density at radius 3 is 2.82 bits per heavy atom. The molecule has 1 aliphatic heterocycles. The SMILES string of the molecule is CC(C)S(=O)(=O)Cc1ccc2c(c1)CCCN2. The molecule has 17 heavy (non-hydrogen) atoms. The van der Waals surface area contributed by atoms with Crippen molar-refractivity contribution in [3.05, 3.63) is 29.3 Å². The molecule has 0 radical (unpaired) electrons. The highest BCUT2D eigenvalue weighted by Crippen LogP contribution is 2.24. The van der Waals surface area contributed by atoms with E-state index in [1.807, 2.05) is 18.2 Å². The van der Waals surface area contributed by atoms with E-state index in [-0.39, 0.29) is 11.0 Å². The van der Waals surface area contributed by atoms with E-state index in [4.69, 9.17) is 0 Å². The van der Waals surface area contributed by atoms with E-state index in [0.29, 0.717) is 0 Å². The number of nitrogens with one attached hydrogen (secondary N) is 1. The van der Waals surface area contributed by atoms with Gasteiger partial charge in [-0.2, -0.15) is 0 Å². The lowest BCUT2D eigenvalue weighted by Crippen LogP contribution is -2.17. The van der Waals surface area contributed by atoms with Crippen LogP contribution < -0.4 is 5.32 Å². The maximum absolute atomic E-state index is 11.9. The highest BCUT2D eigenvalue weighted by Gasteiger charge is 2.18. The van der Waals surface area contributed by atoms with E-state index >= 15 is 0 Å². The normalized spacial score (nSPS) is 15.5. The van der Waals surface area contributed by atoms with Crippen LogP contribution in [0.2, 0.25) is 0 Å². The molecular weight excluding hydrogens is 234 g/mol. The number of fused-ring (bicyclic) bond motifs is 1. The molecule has 0 saturated heterocycles. The lowest BCUT2D eigenvalue weighted by molar-refractivity contribution is 0.586. The van der Waals surface area contributed by atoms with Crippen molar-refractivity contribution in [1.82, 2.24) is 0 Å². The summed E-state index contributed by atoms with van der Waals surface area (Å²) in [5, 5.41) is 3.02. The molecule has 1 aromatic rings. The van der Waals surface area contributed by atoms with Crippen molar-refractivity contribution in [2.45, 2.75) is 37.7 Å². The fraction of sp³-hybridized carbons (Fsp3) is 0.538. The van der Waals surface area contributed by atoms with Gasteiger partial charge in [-0.3, -0.25) is 0 Å². The second-order valence-electron chi connectivity index (χ2n) is 4.88. The summed E-state index contributed by atoms with van der Waals surface area (Å²) in [7, 11) is -3.00. The van der Waals surface area contributed by atoms with Crippen LogP contribution in [0.4, 0.5) is 5.69 Å². The van der Waals surface area contributed by atoms with E-state index in [2.05, 4.69) is 5.32 Å². The predicted molar refractivity (Wildman–Crippen MR) is 71.0 cm³/mol. The number of anilines is 1. The van der Waals surface area contributed by atoms with Gasteiger partial charge in [-0.1, -0.05) is 12.1 Å². The Bertz CT molecular complexity index is 506. The molecule has 0 spiro atoms. The first kappa shape index (κ1) is 12.4. The molecule has 0 saturated carbocycles. The van der Waals surface area contributed by atoms with Crippen LogP contribution >= 0.6 is 0 Å². The Morgan fingerprint density at radius 2 is 2.12 bits per heavy atom. The standard InChI is InChI=1S/C13H19NO2S/c1-10(2)17(15,16)9-11-5-6-13-12(8-11)4-3-7-14-13/h5-6,8,10,14H,3-4,7,9H2,1-2H3. The minimum absolute atomic E-state index is 0.151. The molecule has 1 aromatic carbocycles. The van der Waals surface area contributed by atoms with E-state index < -0.39 is 9.84 Å². The minimum atomic E-state index is -3.00. The van der Waals surface area contributed by atoms with E-state index in [0.717, 1.165) is 30.6 Å². The van der Waals surface area contributed by atoms with Gasteiger partial charge in [0.2, 0.25) is 0 Å². The monoisotopic (exact) mass is 253 g/mol. The number of hydrogen-bond donors (Lipinski definition) is 1. The average Bonchev–Trinajstić information content (AvgIpc) is 2.28. The fourth-order valence-electron chi connectivity index (χ4n) is 2.02. The highest BCUT2D eigenvalue weighted by molar-refractivity contribution is 7.91. The van der Waals surface area contributed by atoms with E-state index in [1.54, 1.807) is 13.8 Å². The van der Waals surface area contributed by atoms with Gasteiger partial charge in [0, 0.05) is 12.2 Å². The van der Waals surface area contributed by atoms with Crippen LogP contribution in [0.3, 0.4) is 0 Å². The van der Waals surface area contributed by atoms with Gasteiger partial charge in [-0.15, -0.1) is 0 Å². The Morgan fingerprint density at radius 1 is 1.35 bits per heavy atom. The Kier molecular flexibility index (Phi) is 3.43.